The van der Waals surface area contributed by atoms with Crippen molar-refractivity contribution in [3.63, 3.8) is 0 Å². The van der Waals surface area contributed by atoms with Crippen molar-refractivity contribution in [3.05, 3.63) is 24.2 Å². The number of hydrogen-bond acceptors (Lipinski definition) is 3. The van der Waals surface area contributed by atoms with E-state index in [0.29, 0.717) is 6.54 Å². The lowest BCUT2D eigenvalue weighted by Crippen LogP contribution is -2.36. The van der Waals surface area contributed by atoms with Crippen LogP contribution in [0.2, 0.25) is 0 Å². The van der Waals surface area contributed by atoms with Gasteiger partial charge in [-0.05, 0) is 44.4 Å². The maximum atomic E-state index is 11.5. The standard InChI is InChI=1S/C12H18N2O2/c1-9(11-3-2-6-16-11)14-12(15)8-13-7-10-4-5-10/h2-3,6,9-10,13H,4-5,7-8H2,1H3,(H,14,15). The molecule has 1 aliphatic rings. The Kier molecular flexibility index (Phi) is 3.62. The van der Waals surface area contributed by atoms with E-state index < -0.39 is 0 Å². The van der Waals surface area contributed by atoms with Crippen LogP contribution in [0.1, 0.15) is 31.6 Å². The minimum absolute atomic E-state index is 0.0181. The molecule has 4 nitrogen and oxygen atoms in total. The van der Waals surface area contributed by atoms with Crippen molar-refractivity contribution in [1.82, 2.24) is 10.6 Å². The monoisotopic (exact) mass is 222 g/mol. The third-order valence-electron chi connectivity index (χ3n) is 2.76. The van der Waals surface area contributed by atoms with E-state index in [1.165, 1.54) is 12.8 Å². The molecule has 88 valence electrons. The molecule has 1 atom stereocenters. The van der Waals surface area contributed by atoms with Crippen LogP contribution in [0.15, 0.2) is 22.8 Å². The highest BCUT2D eigenvalue weighted by atomic mass is 16.3. The topological polar surface area (TPSA) is 54.3 Å². The van der Waals surface area contributed by atoms with Crippen LogP contribution in [-0.2, 0) is 4.79 Å². The maximum absolute atomic E-state index is 11.5. The minimum Gasteiger partial charge on any atom is -0.467 e. The summed E-state index contributed by atoms with van der Waals surface area (Å²) in [5.41, 5.74) is 0. The normalized spacial score (nSPS) is 17.1. The molecule has 0 radical (unpaired) electrons. The summed E-state index contributed by atoms with van der Waals surface area (Å²) in [6, 6.07) is 3.62. The average Bonchev–Trinajstić information content (AvgIpc) is 2.91. The first kappa shape index (κ1) is 11.2. The van der Waals surface area contributed by atoms with Crippen molar-refractivity contribution in [1.29, 1.82) is 0 Å². The molecule has 0 spiro atoms. The number of rotatable bonds is 6. The molecule has 1 aliphatic carbocycles. The molecule has 1 heterocycles. The van der Waals surface area contributed by atoms with Gasteiger partial charge in [0.05, 0.1) is 18.8 Å². The predicted molar refractivity (Wildman–Crippen MR) is 60.9 cm³/mol. The third-order valence-corrected chi connectivity index (χ3v) is 2.76. The van der Waals surface area contributed by atoms with Gasteiger partial charge in [0.2, 0.25) is 5.91 Å². The van der Waals surface area contributed by atoms with E-state index in [9.17, 15) is 4.79 Å². The Morgan fingerprint density at radius 3 is 3.06 bits per heavy atom. The van der Waals surface area contributed by atoms with Gasteiger partial charge in [-0.1, -0.05) is 0 Å². The van der Waals surface area contributed by atoms with E-state index in [2.05, 4.69) is 10.6 Å². The van der Waals surface area contributed by atoms with E-state index in [4.69, 9.17) is 4.42 Å². The number of amides is 1. The van der Waals surface area contributed by atoms with Crippen LogP contribution in [0.5, 0.6) is 0 Å². The molecule has 1 saturated carbocycles. The molecule has 1 unspecified atom stereocenters. The molecule has 1 fully saturated rings. The Balaban J connectivity index is 1.65. The van der Waals surface area contributed by atoms with E-state index >= 15 is 0 Å². The highest BCUT2D eigenvalue weighted by molar-refractivity contribution is 5.78. The van der Waals surface area contributed by atoms with Crippen LogP contribution >= 0.6 is 0 Å². The fraction of sp³-hybridized carbons (Fsp3) is 0.583. The van der Waals surface area contributed by atoms with Crippen LogP contribution in [-0.4, -0.2) is 19.0 Å². The summed E-state index contributed by atoms with van der Waals surface area (Å²) in [4.78, 5) is 11.5. The maximum Gasteiger partial charge on any atom is 0.234 e. The largest absolute Gasteiger partial charge is 0.467 e. The number of nitrogens with one attached hydrogen (secondary N) is 2. The molecule has 1 aromatic rings. The van der Waals surface area contributed by atoms with Gasteiger partial charge in [0.1, 0.15) is 5.76 Å². The summed E-state index contributed by atoms with van der Waals surface area (Å²) < 4.78 is 5.21. The first-order chi connectivity index (χ1) is 7.75. The van der Waals surface area contributed by atoms with Gasteiger partial charge in [-0.25, -0.2) is 0 Å². The lowest BCUT2D eigenvalue weighted by atomic mass is 10.2. The smallest absolute Gasteiger partial charge is 0.234 e. The Morgan fingerprint density at radius 2 is 2.44 bits per heavy atom. The number of hydrogen-bond donors (Lipinski definition) is 2. The molecule has 4 heteroatoms. The van der Waals surface area contributed by atoms with Crippen LogP contribution in [0.3, 0.4) is 0 Å². The Bertz CT molecular complexity index is 331. The Morgan fingerprint density at radius 1 is 1.62 bits per heavy atom. The Labute approximate surface area is 95.4 Å². The summed E-state index contributed by atoms with van der Waals surface area (Å²) in [5, 5.41) is 6.04. The second kappa shape index (κ2) is 5.16. The Hall–Kier alpha value is -1.29. The summed E-state index contributed by atoms with van der Waals surface area (Å²) >= 11 is 0. The van der Waals surface area contributed by atoms with Crippen molar-refractivity contribution in [3.8, 4) is 0 Å². The molecule has 1 aromatic heterocycles. The quantitative estimate of drug-likeness (QED) is 0.766. The average molecular weight is 222 g/mol. The van der Waals surface area contributed by atoms with Gasteiger partial charge in [-0.2, -0.15) is 0 Å². The molecular formula is C12H18N2O2. The molecule has 1 amide bonds. The van der Waals surface area contributed by atoms with Gasteiger partial charge < -0.3 is 15.1 Å². The van der Waals surface area contributed by atoms with Gasteiger partial charge >= 0.3 is 0 Å². The molecule has 0 bridgehead atoms. The molecule has 0 saturated heterocycles. The first-order valence-electron chi connectivity index (χ1n) is 5.79. The molecule has 0 aromatic carbocycles. The van der Waals surface area contributed by atoms with Crippen LogP contribution in [0.4, 0.5) is 0 Å². The highest BCUT2D eigenvalue weighted by Gasteiger charge is 2.20. The summed E-state index contributed by atoms with van der Waals surface area (Å²) in [6.07, 6.45) is 4.22. The lowest BCUT2D eigenvalue weighted by Gasteiger charge is -2.11. The highest BCUT2D eigenvalue weighted by Crippen LogP contribution is 2.27. The second-order valence-corrected chi connectivity index (χ2v) is 4.38. The fourth-order valence-electron chi connectivity index (χ4n) is 1.61. The third kappa shape index (κ3) is 3.38. The number of furan rings is 1. The van der Waals surface area contributed by atoms with Crippen LogP contribution in [0, 0.1) is 5.92 Å². The van der Waals surface area contributed by atoms with Crippen molar-refractivity contribution in [2.24, 2.45) is 5.92 Å². The van der Waals surface area contributed by atoms with Crippen molar-refractivity contribution in [2.45, 2.75) is 25.8 Å². The first-order valence-corrected chi connectivity index (χ1v) is 5.79. The zero-order chi connectivity index (χ0) is 11.4. The zero-order valence-electron chi connectivity index (χ0n) is 9.53. The molecule has 2 rings (SSSR count). The SMILES string of the molecule is CC(NC(=O)CNCC1CC1)c1ccco1. The summed E-state index contributed by atoms with van der Waals surface area (Å²) in [6.45, 7) is 3.27. The minimum atomic E-state index is -0.0646. The fourth-order valence-corrected chi connectivity index (χ4v) is 1.61. The lowest BCUT2D eigenvalue weighted by molar-refractivity contribution is -0.121. The van der Waals surface area contributed by atoms with E-state index in [1.54, 1.807) is 6.26 Å². The van der Waals surface area contributed by atoms with Crippen molar-refractivity contribution < 1.29 is 9.21 Å². The molecule has 2 N–H and O–H groups in total. The van der Waals surface area contributed by atoms with E-state index in [0.717, 1.165) is 18.2 Å². The van der Waals surface area contributed by atoms with Gasteiger partial charge in [-0.3, -0.25) is 4.79 Å². The molecular weight excluding hydrogens is 204 g/mol. The van der Waals surface area contributed by atoms with Gasteiger partial charge in [-0.15, -0.1) is 0 Å². The van der Waals surface area contributed by atoms with Gasteiger partial charge in [0.25, 0.3) is 0 Å². The molecule has 0 aliphatic heterocycles. The van der Waals surface area contributed by atoms with Gasteiger partial charge in [0, 0.05) is 0 Å². The number of carbonyl (C=O) groups is 1. The van der Waals surface area contributed by atoms with Gasteiger partial charge in [0.15, 0.2) is 0 Å². The summed E-state index contributed by atoms with van der Waals surface area (Å²) in [7, 11) is 0. The van der Waals surface area contributed by atoms with E-state index in [1.807, 2.05) is 19.1 Å². The van der Waals surface area contributed by atoms with Crippen molar-refractivity contribution in [2.75, 3.05) is 13.1 Å². The van der Waals surface area contributed by atoms with Crippen LogP contribution in [0.25, 0.3) is 0 Å². The molecule has 16 heavy (non-hydrogen) atoms. The van der Waals surface area contributed by atoms with Crippen molar-refractivity contribution >= 4 is 5.91 Å². The predicted octanol–water partition coefficient (Wildman–Crippen LogP) is 1.46. The number of carbonyl (C=O) groups excluding carboxylic acids is 1. The summed E-state index contributed by atoms with van der Waals surface area (Å²) in [5.74, 6) is 1.61. The zero-order valence-corrected chi connectivity index (χ0v) is 9.53. The van der Waals surface area contributed by atoms with E-state index in [-0.39, 0.29) is 11.9 Å². The van der Waals surface area contributed by atoms with Crippen LogP contribution < -0.4 is 10.6 Å². The second-order valence-electron chi connectivity index (χ2n) is 4.38.